The smallest absolute Gasteiger partial charge is 0.272 e. The van der Waals surface area contributed by atoms with Crippen LogP contribution in [0.25, 0.3) is 0 Å². The lowest BCUT2D eigenvalue weighted by Gasteiger charge is -2.17. The molecular formula is C21H20N4O2. The molecule has 1 heterocycles. The van der Waals surface area contributed by atoms with Gasteiger partial charge >= 0.3 is 0 Å². The Morgan fingerprint density at radius 1 is 1.00 bits per heavy atom. The Balaban J connectivity index is 1.74. The predicted molar refractivity (Wildman–Crippen MR) is 104 cm³/mol. The zero-order valence-corrected chi connectivity index (χ0v) is 15.2. The van der Waals surface area contributed by atoms with E-state index in [9.17, 15) is 9.59 Å². The summed E-state index contributed by atoms with van der Waals surface area (Å²) in [5.74, 6) is 0.281. The molecule has 0 spiro atoms. The summed E-state index contributed by atoms with van der Waals surface area (Å²) >= 11 is 0. The standard InChI is InChI=1S/C21H20N4O2/c1-15(26)17-9-6-10-18(11-17)24-20-12-19(22-14-23-20)21(27)25(2)13-16-7-4-3-5-8-16/h3-12,14H,13H2,1-2H3,(H,22,23,24). The molecule has 3 rings (SSSR count). The Morgan fingerprint density at radius 3 is 2.52 bits per heavy atom. The Morgan fingerprint density at radius 2 is 1.78 bits per heavy atom. The minimum Gasteiger partial charge on any atom is -0.340 e. The van der Waals surface area contributed by atoms with Gasteiger partial charge in [0.05, 0.1) is 0 Å². The molecule has 0 fully saturated rings. The number of carbonyl (C=O) groups excluding carboxylic acids is 2. The van der Waals surface area contributed by atoms with Crippen molar-refractivity contribution in [1.82, 2.24) is 14.9 Å². The highest BCUT2D eigenvalue weighted by molar-refractivity contribution is 5.95. The van der Waals surface area contributed by atoms with Gasteiger partial charge in [-0.05, 0) is 24.6 Å². The monoisotopic (exact) mass is 360 g/mol. The van der Waals surface area contributed by atoms with Crippen molar-refractivity contribution in [2.75, 3.05) is 12.4 Å². The topological polar surface area (TPSA) is 75.2 Å². The van der Waals surface area contributed by atoms with Crippen LogP contribution in [-0.2, 0) is 6.54 Å². The van der Waals surface area contributed by atoms with E-state index in [-0.39, 0.29) is 11.7 Å². The lowest BCUT2D eigenvalue weighted by Crippen LogP contribution is -2.27. The molecule has 0 atom stereocenters. The van der Waals surface area contributed by atoms with Gasteiger partial charge in [-0.3, -0.25) is 9.59 Å². The van der Waals surface area contributed by atoms with E-state index in [1.165, 1.54) is 13.3 Å². The fraction of sp³-hybridized carbons (Fsp3) is 0.143. The molecule has 1 amide bonds. The molecule has 2 aromatic carbocycles. The van der Waals surface area contributed by atoms with E-state index in [2.05, 4.69) is 15.3 Å². The number of nitrogens with zero attached hydrogens (tertiary/aromatic N) is 3. The fourth-order valence-corrected chi connectivity index (χ4v) is 2.63. The lowest BCUT2D eigenvalue weighted by atomic mass is 10.1. The zero-order valence-electron chi connectivity index (χ0n) is 15.2. The second-order valence-electron chi connectivity index (χ2n) is 6.20. The number of amides is 1. The number of anilines is 2. The van der Waals surface area contributed by atoms with Crippen molar-refractivity contribution in [3.8, 4) is 0 Å². The number of nitrogens with one attached hydrogen (secondary N) is 1. The molecule has 0 aliphatic rings. The minimum atomic E-state index is -0.193. The first kappa shape index (κ1) is 18.3. The van der Waals surface area contributed by atoms with Crippen molar-refractivity contribution in [1.29, 1.82) is 0 Å². The lowest BCUT2D eigenvalue weighted by molar-refractivity contribution is 0.0779. The number of hydrogen-bond donors (Lipinski definition) is 1. The van der Waals surface area contributed by atoms with E-state index >= 15 is 0 Å². The predicted octanol–water partition coefficient (Wildman–Crippen LogP) is 3.70. The molecule has 3 aromatic rings. The van der Waals surface area contributed by atoms with E-state index < -0.39 is 0 Å². The second-order valence-corrected chi connectivity index (χ2v) is 6.20. The van der Waals surface area contributed by atoms with Crippen LogP contribution in [0.3, 0.4) is 0 Å². The van der Waals surface area contributed by atoms with Crippen LogP contribution >= 0.6 is 0 Å². The number of Topliss-reactive ketones (excluding diaryl/α,β-unsaturated/α-hetero) is 1. The van der Waals surface area contributed by atoms with Gasteiger partial charge in [-0.25, -0.2) is 9.97 Å². The van der Waals surface area contributed by atoms with Gasteiger partial charge in [0.25, 0.3) is 5.91 Å². The largest absolute Gasteiger partial charge is 0.340 e. The maximum absolute atomic E-state index is 12.7. The number of benzene rings is 2. The van der Waals surface area contributed by atoms with Crippen LogP contribution in [0.2, 0.25) is 0 Å². The van der Waals surface area contributed by atoms with Gasteiger partial charge in [-0.1, -0.05) is 42.5 Å². The Labute approximate surface area is 157 Å². The molecule has 27 heavy (non-hydrogen) atoms. The first-order valence-corrected chi connectivity index (χ1v) is 8.52. The number of carbonyl (C=O) groups is 2. The number of hydrogen-bond acceptors (Lipinski definition) is 5. The van der Waals surface area contributed by atoms with Gasteiger partial charge in [0.2, 0.25) is 0 Å². The van der Waals surface area contributed by atoms with Crippen LogP contribution in [0.5, 0.6) is 0 Å². The molecule has 0 unspecified atom stereocenters. The Bertz CT molecular complexity index is 957. The van der Waals surface area contributed by atoms with Crippen LogP contribution in [0.4, 0.5) is 11.5 Å². The molecule has 0 bridgehead atoms. The fourth-order valence-electron chi connectivity index (χ4n) is 2.63. The highest BCUT2D eigenvalue weighted by Crippen LogP contribution is 2.17. The second kappa shape index (κ2) is 8.23. The van der Waals surface area contributed by atoms with Crippen LogP contribution in [0, 0.1) is 0 Å². The summed E-state index contributed by atoms with van der Waals surface area (Å²) in [5.41, 5.74) is 2.67. The van der Waals surface area contributed by atoms with Crippen molar-refractivity contribution < 1.29 is 9.59 Å². The Hall–Kier alpha value is -3.54. The zero-order chi connectivity index (χ0) is 19.2. The van der Waals surface area contributed by atoms with Gasteiger partial charge < -0.3 is 10.2 Å². The first-order valence-electron chi connectivity index (χ1n) is 8.52. The van der Waals surface area contributed by atoms with Gasteiger partial charge in [0, 0.05) is 30.9 Å². The number of ketones is 1. The Kier molecular flexibility index (Phi) is 5.56. The molecule has 0 radical (unpaired) electrons. The summed E-state index contributed by atoms with van der Waals surface area (Å²) in [7, 11) is 1.74. The molecule has 0 saturated carbocycles. The van der Waals surface area contributed by atoms with Gasteiger partial charge in [0.1, 0.15) is 17.8 Å². The van der Waals surface area contributed by atoms with Crippen molar-refractivity contribution in [3.63, 3.8) is 0 Å². The first-order chi connectivity index (χ1) is 13.0. The van der Waals surface area contributed by atoms with Gasteiger partial charge in [-0.15, -0.1) is 0 Å². The summed E-state index contributed by atoms with van der Waals surface area (Å²) in [6, 6.07) is 18.5. The summed E-state index contributed by atoms with van der Waals surface area (Å²) in [5, 5.41) is 3.11. The molecule has 136 valence electrons. The van der Waals surface area contributed by atoms with Crippen LogP contribution in [-0.4, -0.2) is 33.6 Å². The van der Waals surface area contributed by atoms with E-state index in [0.717, 1.165) is 11.3 Å². The molecule has 6 heteroatoms. The van der Waals surface area contributed by atoms with Crippen molar-refractivity contribution >= 4 is 23.2 Å². The van der Waals surface area contributed by atoms with Crippen molar-refractivity contribution in [2.24, 2.45) is 0 Å². The van der Waals surface area contributed by atoms with E-state index in [0.29, 0.717) is 23.6 Å². The SMILES string of the molecule is CC(=O)c1cccc(Nc2cc(C(=O)N(C)Cc3ccccc3)ncn2)c1. The number of aromatic nitrogens is 2. The summed E-state index contributed by atoms with van der Waals surface area (Å²) in [6.07, 6.45) is 1.35. The van der Waals surface area contributed by atoms with E-state index in [4.69, 9.17) is 0 Å². The molecule has 1 aromatic heterocycles. The molecule has 6 nitrogen and oxygen atoms in total. The maximum Gasteiger partial charge on any atom is 0.272 e. The van der Waals surface area contributed by atoms with E-state index in [1.807, 2.05) is 36.4 Å². The maximum atomic E-state index is 12.7. The third kappa shape index (κ3) is 4.76. The normalized spacial score (nSPS) is 10.3. The van der Waals surface area contributed by atoms with Crippen LogP contribution in [0.15, 0.2) is 67.0 Å². The minimum absolute atomic E-state index is 0.0141. The van der Waals surface area contributed by atoms with E-state index in [1.54, 1.807) is 36.2 Å². The summed E-state index contributed by atoms with van der Waals surface area (Å²) in [6.45, 7) is 2.01. The molecule has 0 aliphatic carbocycles. The van der Waals surface area contributed by atoms with Crippen LogP contribution in [0.1, 0.15) is 33.3 Å². The number of rotatable bonds is 6. The van der Waals surface area contributed by atoms with Crippen LogP contribution < -0.4 is 5.32 Å². The average molecular weight is 360 g/mol. The highest BCUT2D eigenvalue weighted by atomic mass is 16.2. The highest BCUT2D eigenvalue weighted by Gasteiger charge is 2.14. The third-order valence-electron chi connectivity index (χ3n) is 4.04. The summed E-state index contributed by atoms with van der Waals surface area (Å²) < 4.78 is 0. The molecule has 0 aliphatic heterocycles. The van der Waals surface area contributed by atoms with Gasteiger partial charge in [0.15, 0.2) is 5.78 Å². The molecular weight excluding hydrogens is 340 g/mol. The molecule has 0 saturated heterocycles. The molecule has 1 N–H and O–H groups in total. The van der Waals surface area contributed by atoms with Gasteiger partial charge in [-0.2, -0.15) is 0 Å². The quantitative estimate of drug-likeness (QED) is 0.679. The van der Waals surface area contributed by atoms with Crippen molar-refractivity contribution in [3.05, 3.63) is 83.8 Å². The van der Waals surface area contributed by atoms with Crippen molar-refractivity contribution in [2.45, 2.75) is 13.5 Å². The third-order valence-corrected chi connectivity index (χ3v) is 4.04. The summed E-state index contributed by atoms with van der Waals surface area (Å²) in [4.78, 5) is 34.0. The average Bonchev–Trinajstić information content (AvgIpc) is 2.68.